The summed E-state index contributed by atoms with van der Waals surface area (Å²) in [4.78, 5) is 2.31. The van der Waals surface area contributed by atoms with Crippen molar-refractivity contribution in [2.45, 2.75) is 25.8 Å². The summed E-state index contributed by atoms with van der Waals surface area (Å²) in [6.45, 7) is 5.80. The fourth-order valence-corrected chi connectivity index (χ4v) is 2.39. The number of hydrogen-bond acceptors (Lipinski definition) is 4. The van der Waals surface area contributed by atoms with E-state index < -0.39 is 0 Å². The summed E-state index contributed by atoms with van der Waals surface area (Å²) < 4.78 is 5.75. The molecular weight excluding hydrogens is 240 g/mol. The maximum atomic E-state index is 9.48. The first kappa shape index (κ1) is 14.2. The quantitative estimate of drug-likeness (QED) is 0.820. The van der Waals surface area contributed by atoms with Gasteiger partial charge in [0.15, 0.2) is 0 Å². The monoisotopic (exact) mass is 264 g/mol. The zero-order valence-corrected chi connectivity index (χ0v) is 11.6. The van der Waals surface area contributed by atoms with Crippen LogP contribution in [0, 0.1) is 0 Å². The van der Waals surface area contributed by atoms with Gasteiger partial charge >= 0.3 is 0 Å². The molecule has 1 heterocycles. The van der Waals surface area contributed by atoms with E-state index in [1.54, 1.807) is 0 Å². The van der Waals surface area contributed by atoms with Crippen molar-refractivity contribution in [1.82, 2.24) is 5.32 Å². The number of aliphatic hydroxyl groups excluding tert-OH is 1. The maximum absolute atomic E-state index is 9.48. The number of anilines is 1. The molecule has 4 heteroatoms. The van der Waals surface area contributed by atoms with Gasteiger partial charge in [0.1, 0.15) is 5.75 Å². The van der Waals surface area contributed by atoms with Crippen LogP contribution in [0.5, 0.6) is 5.75 Å². The highest BCUT2D eigenvalue weighted by Crippen LogP contribution is 2.30. The molecule has 0 amide bonds. The second-order valence-corrected chi connectivity index (χ2v) is 4.95. The number of fused-ring (bicyclic) bond motifs is 1. The SMILES string of the molecule is CCCNC(CO)CN1CCCOc2ccccc21. The Morgan fingerprint density at radius 2 is 2.26 bits per heavy atom. The molecule has 0 aromatic heterocycles. The molecule has 0 fully saturated rings. The number of aliphatic hydroxyl groups is 1. The van der Waals surface area contributed by atoms with Crippen LogP contribution < -0.4 is 15.0 Å². The third kappa shape index (κ3) is 3.85. The highest BCUT2D eigenvalue weighted by molar-refractivity contribution is 5.59. The molecule has 0 radical (unpaired) electrons. The van der Waals surface area contributed by atoms with E-state index in [1.165, 1.54) is 0 Å². The van der Waals surface area contributed by atoms with Crippen LogP contribution in [-0.2, 0) is 0 Å². The van der Waals surface area contributed by atoms with Gasteiger partial charge in [-0.05, 0) is 31.5 Å². The molecule has 106 valence electrons. The predicted octanol–water partition coefficient (Wildman–Crippen LogP) is 1.64. The molecule has 0 spiro atoms. The number of hydrogen-bond donors (Lipinski definition) is 2. The molecule has 1 unspecified atom stereocenters. The number of nitrogens with one attached hydrogen (secondary N) is 1. The van der Waals surface area contributed by atoms with E-state index >= 15 is 0 Å². The summed E-state index contributed by atoms with van der Waals surface area (Å²) in [6, 6.07) is 8.26. The molecule has 0 bridgehead atoms. The van der Waals surface area contributed by atoms with Gasteiger partial charge in [0, 0.05) is 19.1 Å². The second kappa shape index (κ2) is 7.36. The van der Waals surface area contributed by atoms with Crippen molar-refractivity contribution in [3.05, 3.63) is 24.3 Å². The number of para-hydroxylation sites is 2. The van der Waals surface area contributed by atoms with Gasteiger partial charge in [0.2, 0.25) is 0 Å². The summed E-state index contributed by atoms with van der Waals surface area (Å²) >= 11 is 0. The van der Waals surface area contributed by atoms with Crippen LogP contribution in [0.1, 0.15) is 19.8 Å². The Bertz CT molecular complexity index is 384. The van der Waals surface area contributed by atoms with Gasteiger partial charge < -0.3 is 20.1 Å². The van der Waals surface area contributed by atoms with Crippen molar-refractivity contribution in [3.63, 3.8) is 0 Å². The van der Waals surface area contributed by atoms with Crippen molar-refractivity contribution < 1.29 is 9.84 Å². The standard InChI is InChI=1S/C15H24N2O2/c1-2-8-16-13(12-18)11-17-9-5-10-19-15-7-4-3-6-14(15)17/h3-4,6-7,13,16,18H,2,5,8-12H2,1H3. The molecule has 1 aromatic rings. The molecule has 1 aliphatic heterocycles. The minimum Gasteiger partial charge on any atom is -0.491 e. The fourth-order valence-electron chi connectivity index (χ4n) is 2.39. The van der Waals surface area contributed by atoms with Gasteiger partial charge in [-0.15, -0.1) is 0 Å². The highest BCUT2D eigenvalue weighted by Gasteiger charge is 2.18. The average molecular weight is 264 g/mol. The van der Waals surface area contributed by atoms with E-state index in [0.29, 0.717) is 0 Å². The fraction of sp³-hybridized carbons (Fsp3) is 0.600. The van der Waals surface area contributed by atoms with Crippen molar-refractivity contribution in [2.75, 3.05) is 37.7 Å². The third-order valence-electron chi connectivity index (χ3n) is 3.38. The number of ether oxygens (including phenoxy) is 1. The van der Waals surface area contributed by atoms with Crippen LogP contribution in [0.4, 0.5) is 5.69 Å². The largest absolute Gasteiger partial charge is 0.491 e. The summed E-state index contributed by atoms with van der Waals surface area (Å²) in [5.74, 6) is 0.951. The first-order chi connectivity index (χ1) is 9.35. The van der Waals surface area contributed by atoms with Gasteiger partial charge in [0.25, 0.3) is 0 Å². The van der Waals surface area contributed by atoms with Gasteiger partial charge in [-0.2, -0.15) is 0 Å². The van der Waals surface area contributed by atoms with Crippen LogP contribution in [-0.4, -0.2) is 44.0 Å². The number of rotatable bonds is 6. The first-order valence-corrected chi connectivity index (χ1v) is 7.16. The number of nitrogens with zero attached hydrogens (tertiary/aromatic N) is 1. The van der Waals surface area contributed by atoms with Gasteiger partial charge in [0.05, 0.1) is 18.9 Å². The lowest BCUT2D eigenvalue weighted by atomic mass is 10.2. The van der Waals surface area contributed by atoms with Gasteiger partial charge in [-0.1, -0.05) is 19.1 Å². The summed E-state index contributed by atoms with van der Waals surface area (Å²) in [5.41, 5.74) is 1.14. The Hall–Kier alpha value is -1.26. The molecule has 0 saturated heterocycles. The average Bonchev–Trinajstić information content (AvgIpc) is 2.66. The van der Waals surface area contributed by atoms with Crippen LogP contribution in [0.25, 0.3) is 0 Å². The van der Waals surface area contributed by atoms with Crippen LogP contribution in [0.15, 0.2) is 24.3 Å². The lowest BCUT2D eigenvalue weighted by Crippen LogP contribution is -2.44. The zero-order valence-electron chi connectivity index (χ0n) is 11.6. The topological polar surface area (TPSA) is 44.7 Å². The molecule has 4 nitrogen and oxygen atoms in total. The number of benzene rings is 1. The molecule has 1 aromatic carbocycles. The van der Waals surface area contributed by atoms with Crippen molar-refractivity contribution in [3.8, 4) is 5.75 Å². The molecule has 19 heavy (non-hydrogen) atoms. The van der Waals surface area contributed by atoms with Crippen molar-refractivity contribution in [2.24, 2.45) is 0 Å². The predicted molar refractivity (Wildman–Crippen MR) is 77.9 cm³/mol. The van der Waals surface area contributed by atoms with E-state index in [2.05, 4.69) is 23.2 Å². The minimum absolute atomic E-state index is 0.117. The summed E-state index contributed by atoms with van der Waals surface area (Å²) in [7, 11) is 0. The Morgan fingerprint density at radius 1 is 1.42 bits per heavy atom. The van der Waals surface area contributed by atoms with Gasteiger partial charge in [-0.3, -0.25) is 0 Å². The molecule has 1 atom stereocenters. The molecular formula is C15H24N2O2. The van der Waals surface area contributed by atoms with Crippen LogP contribution in [0.3, 0.4) is 0 Å². The van der Waals surface area contributed by atoms with Gasteiger partial charge in [-0.25, -0.2) is 0 Å². The van der Waals surface area contributed by atoms with E-state index in [-0.39, 0.29) is 12.6 Å². The Labute approximate surface area is 115 Å². The minimum atomic E-state index is 0.117. The first-order valence-electron chi connectivity index (χ1n) is 7.16. The lowest BCUT2D eigenvalue weighted by molar-refractivity contribution is 0.244. The molecule has 0 saturated carbocycles. The Balaban J connectivity index is 2.06. The normalized spacial score (nSPS) is 16.4. The Morgan fingerprint density at radius 3 is 3.05 bits per heavy atom. The molecule has 1 aliphatic rings. The van der Waals surface area contributed by atoms with E-state index in [4.69, 9.17) is 4.74 Å². The van der Waals surface area contributed by atoms with Crippen LogP contribution in [0.2, 0.25) is 0 Å². The second-order valence-electron chi connectivity index (χ2n) is 4.95. The lowest BCUT2D eigenvalue weighted by Gasteiger charge is -2.28. The smallest absolute Gasteiger partial charge is 0.142 e. The summed E-state index contributed by atoms with van der Waals surface area (Å²) in [6.07, 6.45) is 2.09. The Kier molecular flexibility index (Phi) is 5.48. The zero-order chi connectivity index (χ0) is 13.5. The molecule has 2 N–H and O–H groups in total. The highest BCUT2D eigenvalue weighted by atomic mass is 16.5. The third-order valence-corrected chi connectivity index (χ3v) is 3.38. The van der Waals surface area contributed by atoms with Crippen molar-refractivity contribution >= 4 is 5.69 Å². The van der Waals surface area contributed by atoms with E-state index in [0.717, 1.165) is 50.5 Å². The van der Waals surface area contributed by atoms with E-state index in [1.807, 2.05) is 18.2 Å². The maximum Gasteiger partial charge on any atom is 0.142 e. The molecule has 0 aliphatic carbocycles. The van der Waals surface area contributed by atoms with Crippen molar-refractivity contribution in [1.29, 1.82) is 0 Å². The summed E-state index contributed by atoms with van der Waals surface area (Å²) in [5, 5.41) is 12.9. The molecule has 2 rings (SSSR count). The van der Waals surface area contributed by atoms with Crippen LogP contribution >= 0.6 is 0 Å². The van der Waals surface area contributed by atoms with E-state index in [9.17, 15) is 5.11 Å².